The zero-order chi connectivity index (χ0) is 11.8. The normalized spacial score (nSPS) is 10.6. The summed E-state index contributed by atoms with van der Waals surface area (Å²) in [4.78, 5) is 0. The molecule has 0 spiro atoms. The van der Waals surface area contributed by atoms with E-state index in [0.29, 0.717) is 0 Å². The van der Waals surface area contributed by atoms with E-state index in [1.807, 2.05) is 13.0 Å². The molecule has 1 nitrogen and oxygen atoms in total. The van der Waals surface area contributed by atoms with Crippen molar-refractivity contribution in [3.63, 3.8) is 0 Å². The van der Waals surface area contributed by atoms with E-state index < -0.39 is 0 Å². The Hall–Kier alpha value is -0.980. The fourth-order valence-electron chi connectivity index (χ4n) is 2.04. The summed E-state index contributed by atoms with van der Waals surface area (Å²) in [5.41, 5.74) is 1.32. The Morgan fingerprint density at radius 2 is 2.00 bits per heavy atom. The van der Waals surface area contributed by atoms with Gasteiger partial charge in [0.25, 0.3) is 0 Å². The number of aryl methyl sites for hydroxylation is 2. The first-order valence-electron chi connectivity index (χ1n) is 6.47. The first-order valence-corrected chi connectivity index (χ1v) is 6.47. The molecule has 0 saturated carbocycles. The highest BCUT2D eigenvalue weighted by Gasteiger charge is 2.06. The highest BCUT2D eigenvalue weighted by atomic mass is 16.3. The van der Waals surface area contributed by atoms with E-state index in [1.165, 1.54) is 43.4 Å². The Morgan fingerprint density at radius 1 is 1.25 bits per heavy atom. The van der Waals surface area contributed by atoms with Crippen molar-refractivity contribution in [3.05, 3.63) is 35.8 Å². The van der Waals surface area contributed by atoms with Crippen LogP contribution in [0.3, 0.4) is 0 Å². The van der Waals surface area contributed by atoms with Gasteiger partial charge in [0.05, 0.1) is 0 Å². The van der Waals surface area contributed by atoms with Crippen molar-refractivity contribution in [3.8, 4) is 0 Å². The first-order chi connectivity index (χ1) is 7.77. The summed E-state index contributed by atoms with van der Waals surface area (Å²) in [6.45, 7) is 8.05. The Morgan fingerprint density at radius 3 is 2.69 bits per heavy atom. The molecule has 1 heterocycles. The maximum atomic E-state index is 5.73. The van der Waals surface area contributed by atoms with Gasteiger partial charge in [0.2, 0.25) is 0 Å². The molecule has 0 fully saturated rings. The van der Waals surface area contributed by atoms with Crippen LogP contribution in [0.4, 0.5) is 0 Å². The van der Waals surface area contributed by atoms with Crippen LogP contribution in [0.1, 0.15) is 56.1 Å². The van der Waals surface area contributed by atoms with Crippen LogP contribution in [0, 0.1) is 6.92 Å². The van der Waals surface area contributed by atoms with E-state index in [0.717, 1.165) is 18.6 Å². The summed E-state index contributed by atoms with van der Waals surface area (Å²) >= 11 is 0. The Bertz CT molecular complexity index is 309. The van der Waals surface area contributed by atoms with E-state index in [4.69, 9.17) is 4.42 Å². The predicted octanol–water partition coefficient (Wildman–Crippen LogP) is 4.83. The molecule has 0 unspecified atom stereocenters. The van der Waals surface area contributed by atoms with E-state index >= 15 is 0 Å². The molecule has 1 heteroatoms. The van der Waals surface area contributed by atoms with Gasteiger partial charge in [-0.15, -0.1) is 6.58 Å². The molecule has 0 aromatic carbocycles. The van der Waals surface area contributed by atoms with Crippen molar-refractivity contribution >= 4 is 0 Å². The van der Waals surface area contributed by atoms with Crippen molar-refractivity contribution in [2.24, 2.45) is 0 Å². The number of allylic oxidation sites excluding steroid dienone is 1. The number of rotatable bonds is 8. The SMILES string of the molecule is C=CCc1cc(C)oc1CCCCCCC. The summed E-state index contributed by atoms with van der Waals surface area (Å²) in [7, 11) is 0. The highest BCUT2D eigenvalue weighted by Crippen LogP contribution is 2.19. The van der Waals surface area contributed by atoms with Crippen LogP contribution < -0.4 is 0 Å². The molecule has 1 rings (SSSR count). The molecule has 0 aliphatic rings. The summed E-state index contributed by atoms with van der Waals surface area (Å²) in [5, 5.41) is 0. The van der Waals surface area contributed by atoms with Crippen molar-refractivity contribution < 1.29 is 4.42 Å². The highest BCUT2D eigenvalue weighted by molar-refractivity contribution is 5.23. The molecule has 0 N–H and O–H groups in total. The Kier molecular flexibility index (Phi) is 5.99. The lowest BCUT2D eigenvalue weighted by Gasteiger charge is -2.01. The molecule has 0 bridgehead atoms. The Balaban J connectivity index is 2.37. The molecule has 90 valence electrons. The van der Waals surface area contributed by atoms with Crippen molar-refractivity contribution in [1.29, 1.82) is 0 Å². The minimum atomic E-state index is 0.932. The van der Waals surface area contributed by atoms with Crippen LogP contribution in [0.25, 0.3) is 0 Å². The lowest BCUT2D eigenvalue weighted by molar-refractivity contribution is 0.468. The number of hydrogen-bond acceptors (Lipinski definition) is 1. The van der Waals surface area contributed by atoms with E-state index in [2.05, 4.69) is 19.6 Å². The third kappa shape index (κ3) is 4.26. The molecule has 0 amide bonds. The molecule has 0 saturated heterocycles. The monoisotopic (exact) mass is 220 g/mol. The number of unbranched alkanes of at least 4 members (excludes halogenated alkanes) is 4. The van der Waals surface area contributed by atoms with Gasteiger partial charge < -0.3 is 4.42 Å². The molecular weight excluding hydrogens is 196 g/mol. The molecular formula is C15H24O. The maximum absolute atomic E-state index is 5.73. The van der Waals surface area contributed by atoms with Crippen molar-refractivity contribution in [2.45, 2.75) is 58.8 Å². The third-order valence-electron chi connectivity index (χ3n) is 2.89. The van der Waals surface area contributed by atoms with Crippen LogP contribution in [-0.4, -0.2) is 0 Å². The summed E-state index contributed by atoms with van der Waals surface area (Å²) in [5.74, 6) is 2.20. The smallest absolute Gasteiger partial charge is 0.107 e. The second-order valence-corrected chi connectivity index (χ2v) is 4.46. The van der Waals surface area contributed by atoms with Gasteiger partial charge in [0.1, 0.15) is 11.5 Å². The van der Waals surface area contributed by atoms with E-state index in [-0.39, 0.29) is 0 Å². The van der Waals surface area contributed by atoms with Gasteiger partial charge in [-0.3, -0.25) is 0 Å². The van der Waals surface area contributed by atoms with E-state index in [1.54, 1.807) is 0 Å². The summed E-state index contributed by atoms with van der Waals surface area (Å²) in [6, 6.07) is 2.14. The average molecular weight is 220 g/mol. The molecule has 0 aliphatic carbocycles. The fourth-order valence-corrected chi connectivity index (χ4v) is 2.04. The third-order valence-corrected chi connectivity index (χ3v) is 2.89. The quantitative estimate of drug-likeness (QED) is 0.452. The van der Waals surface area contributed by atoms with Crippen LogP contribution in [0.2, 0.25) is 0 Å². The topological polar surface area (TPSA) is 13.1 Å². The second-order valence-electron chi connectivity index (χ2n) is 4.46. The van der Waals surface area contributed by atoms with Gasteiger partial charge in [-0.2, -0.15) is 0 Å². The van der Waals surface area contributed by atoms with Crippen molar-refractivity contribution in [2.75, 3.05) is 0 Å². The van der Waals surface area contributed by atoms with Gasteiger partial charge >= 0.3 is 0 Å². The zero-order valence-electron chi connectivity index (χ0n) is 10.7. The molecule has 1 aromatic rings. The first kappa shape index (κ1) is 13.1. The maximum Gasteiger partial charge on any atom is 0.107 e. The van der Waals surface area contributed by atoms with Gasteiger partial charge in [0, 0.05) is 6.42 Å². The van der Waals surface area contributed by atoms with Crippen LogP contribution in [0.5, 0.6) is 0 Å². The summed E-state index contributed by atoms with van der Waals surface area (Å²) < 4.78 is 5.73. The fraction of sp³-hybridized carbons (Fsp3) is 0.600. The largest absolute Gasteiger partial charge is 0.466 e. The number of furan rings is 1. The molecule has 0 radical (unpaired) electrons. The van der Waals surface area contributed by atoms with E-state index in [9.17, 15) is 0 Å². The van der Waals surface area contributed by atoms with Crippen molar-refractivity contribution in [1.82, 2.24) is 0 Å². The van der Waals surface area contributed by atoms with Gasteiger partial charge in [-0.1, -0.05) is 38.7 Å². The lowest BCUT2D eigenvalue weighted by Crippen LogP contribution is -1.89. The minimum Gasteiger partial charge on any atom is -0.466 e. The average Bonchev–Trinajstić information content (AvgIpc) is 2.59. The predicted molar refractivity (Wildman–Crippen MR) is 69.8 cm³/mol. The molecule has 0 atom stereocenters. The van der Waals surface area contributed by atoms with Gasteiger partial charge in [0.15, 0.2) is 0 Å². The molecule has 16 heavy (non-hydrogen) atoms. The minimum absolute atomic E-state index is 0.932. The Labute approximate surface area is 99.6 Å². The second kappa shape index (κ2) is 7.32. The van der Waals surface area contributed by atoms with Gasteiger partial charge in [-0.25, -0.2) is 0 Å². The standard InChI is InChI=1S/C15H24O/c1-4-6-7-8-9-11-15-14(10-5-2)12-13(3)16-15/h5,12H,2,4,6-11H2,1,3H3. The molecule has 1 aromatic heterocycles. The van der Waals surface area contributed by atoms with Gasteiger partial charge in [-0.05, 0) is 31.4 Å². The lowest BCUT2D eigenvalue weighted by atomic mass is 10.1. The summed E-state index contributed by atoms with van der Waals surface area (Å²) in [6.07, 6.45) is 10.6. The van der Waals surface area contributed by atoms with Crippen LogP contribution >= 0.6 is 0 Å². The van der Waals surface area contributed by atoms with Crippen LogP contribution in [-0.2, 0) is 12.8 Å². The molecule has 0 aliphatic heterocycles. The zero-order valence-corrected chi connectivity index (χ0v) is 10.7. The number of hydrogen-bond donors (Lipinski definition) is 0. The van der Waals surface area contributed by atoms with Crippen LogP contribution in [0.15, 0.2) is 23.1 Å².